The monoisotopic (exact) mass is 220 g/mol. The minimum Gasteiger partial charge on any atom is -0.477 e. The minimum atomic E-state index is -2.07. The summed E-state index contributed by atoms with van der Waals surface area (Å²) < 4.78 is 51.5. The van der Waals surface area contributed by atoms with E-state index in [1.165, 1.54) is 0 Å². The third kappa shape index (κ3) is 1.58. The van der Waals surface area contributed by atoms with Crippen molar-refractivity contribution in [1.29, 1.82) is 0 Å². The molecule has 0 saturated carbocycles. The average Bonchev–Trinajstić information content (AvgIpc) is 2.15. The second-order valence-corrected chi connectivity index (χ2v) is 2.55. The van der Waals surface area contributed by atoms with Crippen LogP contribution in [0.2, 0.25) is 0 Å². The van der Waals surface area contributed by atoms with Gasteiger partial charge in [0.2, 0.25) is 0 Å². The Kier molecular flexibility index (Phi) is 2.78. The molecule has 0 atom stereocenters. The van der Waals surface area contributed by atoms with Gasteiger partial charge in [0, 0.05) is 5.56 Å². The topological polar surface area (TPSA) is 37.3 Å². The van der Waals surface area contributed by atoms with E-state index in [1.54, 1.807) is 0 Å². The van der Waals surface area contributed by atoms with Gasteiger partial charge in [-0.1, -0.05) is 12.7 Å². The molecule has 1 aromatic carbocycles. The van der Waals surface area contributed by atoms with E-state index in [1.807, 2.05) is 0 Å². The molecule has 0 fully saturated rings. The van der Waals surface area contributed by atoms with Gasteiger partial charge < -0.3 is 5.11 Å². The summed E-state index contributed by atoms with van der Waals surface area (Å²) >= 11 is 0. The average molecular weight is 220 g/mol. The lowest BCUT2D eigenvalue weighted by Gasteiger charge is -2.06. The highest BCUT2D eigenvalue weighted by molar-refractivity contribution is 5.89. The van der Waals surface area contributed by atoms with Crippen molar-refractivity contribution >= 4 is 12.0 Å². The van der Waals surface area contributed by atoms with E-state index < -0.39 is 40.4 Å². The maximum Gasteiger partial charge on any atom is 0.341 e. The van der Waals surface area contributed by atoms with E-state index in [0.29, 0.717) is 6.08 Å². The molecule has 1 rings (SSSR count). The number of carboxylic acids is 1. The fourth-order valence-corrected chi connectivity index (χ4v) is 1.02. The summed E-state index contributed by atoms with van der Waals surface area (Å²) in [6, 6.07) is 0. The summed E-state index contributed by atoms with van der Waals surface area (Å²) in [6.07, 6.45) is 0.569. The highest BCUT2D eigenvalue weighted by atomic mass is 19.2. The Morgan fingerprint density at radius 2 is 1.60 bits per heavy atom. The first-order valence-electron chi connectivity index (χ1n) is 3.63. The van der Waals surface area contributed by atoms with Crippen LogP contribution in [0.1, 0.15) is 15.9 Å². The molecular weight excluding hydrogens is 216 g/mol. The van der Waals surface area contributed by atoms with Crippen LogP contribution < -0.4 is 0 Å². The number of aromatic carboxylic acids is 1. The molecule has 0 aromatic heterocycles. The smallest absolute Gasteiger partial charge is 0.341 e. The Hall–Kier alpha value is -1.85. The van der Waals surface area contributed by atoms with E-state index in [2.05, 4.69) is 6.58 Å². The number of halogens is 4. The van der Waals surface area contributed by atoms with Crippen molar-refractivity contribution in [2.24, 2.45) is 0 Å². The molecule has 80 valence electrons. The van der Waals surface area contributed by atoms with Gasteiger partial charge in [0.15, 0.2) is 23.3 Å². The Morgan fingerprint density at radius 1 is 1.07 bits per heavy atom. The molecule has 0 saturated heterocycles. The Balaban J connectivity index is 3.75. The summed E-state index contributed by atoms with van der Waals surface area (Å²) in [5.74, 6) is -9.61. The van der Waals surface area contributed by atoms with Crippen molar-refractivity contribution in [2.75, 3.05) is 0 Å². The van der Waals surface area contributed by atoms with Crippen molar-refractivity contribution in [3.63, 3.8) is 0 Å². The van der Waals surface area contributed by atoms with Crippen LogP contribution in [-0.2, 0) is 0 Å². The van der Waals surface area contributed by atoms with E-state index in [0.717, 1.165) is 0 Å². The Morgan fingerprint density at radius 3 is 2.00 bits per heavy atom. The summed E-state index contributed by atoms with van der Waals surface area (Å²) in [5.41, 5.74) is -2.55. The number of carbonyl (C=O) groups is 1. The van der Waals surface area contributed by atoms with Crippen molar-refractivity contribution < 1.29 is 27.5 Å². The minimum absolute atomic E-state index is 0.569. The quantitative estimate of drug-likeness (QED) is 0.472. The van der Waals surface area contributed by atoms with E-state index >= 15 is 0 Å². The first-order chi connectivity index (χ1) is 6.91. The van der Waals surface area contributed by atoms with Crippen LogP contribution in [0.3, 0.4) is 0 Å². The third-order valence-electron chi connectivity index (χ3n) is 1.72. The van der Waals surface area contributed by atoms with Crippen molar-refractivity contribution in [3.05, 3.63) is 41.0 Å². The lowest BCUT2D eigenvalue weighted by molar-refractivity contribution is 0.0684. The normalized spacial score (nSPS) is 10.1. The van der Waals surface area contributed by atoms with Crippen LogP contribution in [0.5, 0.6) is 0 Å². The van der Waals surface area contributed by atoms with Gasteiger partial charge in [-0.25, -0.2) is 22.4 Å². The predicted octanol–water partition coefficient (Wildman–Crippen LogP) is 2.58. The molecule has 0 bridgehead atoms. The molecule has 0 unspecified atom stereocenters. The SMILES string of the molecule is C=Cc1c(F)c(F)c(F)c(C(=O)O)c1F. The Bertz CT molecular complexity index is 454. The molecule has 2 nitrogen and oxygen atoms in total. The molecule has 1 aromatic rings. The summed E-state index contributed by atoms with van der Waals surface area (Å²) in [4.78, 5) is 10.4. The largest absolute Gasteiger partial charge is 0.477 e. The third-order valence-corrected chi connectivity index (χ3v) is 1.72. The number of carboxylic acid groups (broad SMARTS) is 1. The molecule has 6 heteroatoms. The molecule has 0 aliphatic rings. The zero-order valence-electron chi connectivity index (χ0n) is 7.15. The van der Waals surface area contributed by atoms with Gasteiger partial charge in [0.05, 0.1) is 0 Å². The zero-order chi connectivity index (χ0) is 11.7. The van der Waals surface area contributed by atoms with Gasteiger partial charge in [-0.15, -0.1) is 0 Å². The molecule has 0 aliphatic heterocycles. The highest BCUT2D eigenvalue weighted by Crippen LogP contribution is 2.24. The van der Waals surface area contributed by atoms with Gasteiger partial charge >= 0.3 is 5.97 Å². The van der Waals surface area contributed by atoms with Crippen LogP contribution in [0, 0.1) is 23.3 Å². The Labute approximate surface area is 81.5 Å². The fraction of sp³-hybridized carbons (Fsp3) is 0. The first-order valence-corrected chi connectivity index (χ1v) is 3.63. The number of hydrogen-bond acceptors (Lipinski definition) is 1. The van der Waals surface area contributed by atoms with E-state index in [9.17, 15) is 22.4 Å². The molecule has 0 aliphatic carbocycles. The molecule has 1 N–H and O–H groups in total. The maximum atomic E-state index is 13.1. The molecule has 15 heavy (non-hydrogen) atoms. The summed E-state index contributed by atoms with van der Waals surface area (Å²) in [6.45, 7) is 2.96. The maximum absolute atomic E-state index is 13.1. The molecule has 0 heterocycles. The van der Waals surface area contributed by atoms with Gasteiger partial charge in [-0.2, -0.15) is 0 Å². The lowest BCUT2D eigenvalue weighted by Crippen LogP contribution is -2.11. The van der Waals surface area contributed by atoms with Crippen molar-refractivity contribution in [3.8, 4) is 0 Å². The van der Waals surface area contributed by atoms with E-state index in [-0.39, 0.29) is 0 Å². The van der Waals surface area contributed by atoms with Gasteiger partial charge in [-0.3, -0.25) is 0 Å². The highest BCUT2D eigenvalue weighted by Gasteiger charge is 2.27. The van der Waals surface area contributed by atoms with Crippen LogP contribution in [0.4, 0.5) is 17.6 Å². The predicted molar refractivity (Wildman–Crippen MR) is 43.3 cm³/mol. The standard InChI is InChI=1S/C9H4F4O2/c1-2-3-5(10)4(9(14)15)7(12)8(13)6(3)11/h2H,1H2,(H,14,15). The van der Waals surface area contributed by atoms with Crippen LogP contribution >= 0.6 is 0 Å². The van der Waals surface area contributed by atoms with Crippen molar-refractivity contribution in [1.82, 2.24) is 0 Å². The lowest BCUT2D eigenvalue weighted by atomic mass is 10.1. The number of rotatable bonds is 2. The number of hydrogen-bond donors (Lipinski definition) is 1. The summed E-state index contributed by atoms with van der Waals surface area (Å²) in [5, 5.41) is 8.38. The van der Waals surface area contributed by atoms with Crippen LogP contribution in [0.15, 0.2) is 6.58 Å². The first kappa shape index (κ1) is 11.2. The molecule has 0 amide bonds. The summed E-state index contributed by atoms with van der Waals surface area (Å²) in [7, 11) is 0. The number of benzene rings is 1. The molecular formula is C9H4F4O2. The molecule has 0 radical (unpaired) electrons. The fourth-order valence-electron chi connectivity index (χ4n) is 1.02. The van der Waals surface area contributed by atoms with Crippen LogP contribution in [-0.4, -0.2) is 11.1 Å². The van der Waals surface area contributed by atoms with Crippen molar-refractivity contribution in [2.45, 2.75) is 0 Å². The second kappa shape index (κ2) is 3.72. The van der Waals surface area contributed by atoms with Crippen LogP contribution in [0.25, 0.3) is 6.08 Å². The molecule has 0 spiro atoms. The van der Waals surface area contributed by atoms with E-state index in [4.69, 9.17) is 5.11 Å². The van der Waals surface area contributed by atoms with Gasteiger partial charge in [0.25, 0.3) is 0 Å². The zero-order valence-corrected chi connectivity index (χ0v) is 7.15. The van der Waals surface area contributed by atoms with Gasteiger partial charge in [-0.05, 0) is 0 Å². The van der Waals surface area contributed by atoms with Gasteiger partial charge in [0.1, 0.15) is 5.56 Å². The second-order valence-electron chi connectivity index (χ2n) is 2.55.